The fourth-order valence-electron chi connectivity index (χ4n) is 1.25. The van der Waals surface area contributed by atoms with Gasteiger partial charge in [-0.05, 0) is 20.8 Å². The van der Waals surface area contributed by atoms with Crippen LogP contribution < -0.4 is 0 Å². The molecule has 0 atom stereocenters. The van der Waals surface area contributed by atoms with E-state index in [9.17, 15) is 18.0 Å². The molecule has 0 saturated heterocycles. The van der Waals surface area contributed by atoms with Gasteiger partial charge in [-0.3, -0.25) is 9.89 Å². The van der Waals surface area contributed by atoms with Crippen LogP contribution in [0.2, 0.25) is 0 Å². The van der Waals surface area contributed by atoms with Crippen LogP contribution >= 0.6 is 0 Å². The van der Waals surface area contributed by atoms with Crippen LogP contribution in [0, 0.1) is 6.92 Å². The Morgan fingerprint density at radius 2 is 2.06 bits per heavy atom. The summed E-state index contributed by atoms with van der Waals surface area (Å²) in [6.45, 7) is 3.26. The Balaban J connectivity index is 2.88. The summed E-state index contributed by atoms with van der Waals surface area (Å²) in [5, 5.41) is 5.97. The molecule has 17 heavy (non-hydrogen) atoms. The van der Waals surface area contributed by atoms with E-state index >= 15 is 0 Å². The van der Waals surface area contributed by atoms with Gasteiger partial charge in [-0.25, -0.2) is 4.98 Å². The van der Waals surface area contributed by atoms with Gasteiger partial charge in [-0.2, -0.15) is 13.2 Å². The van der Waals surface area contributed by atoms with Crippen LogP contribution in [0.1, 0.15) is 30.3 Å². The Bertz CT molecular complexity index is 399. The SMILES string of the molecule is Cc1nc(C(=O)N(CC(F)(F)F)C(C)C)n[nH]1. The summed E-state index contributed by atoms with van der Waals surface area (Å²) in [4.78, 5) is 16.2. The number of halogens is 3. The Morgan fingerprint density at radius 3 is 2.41 bits per heavy atom. The maximum atomic E-state index is 12.3. The zero-order valence-electron chi connectivity index (χ0n) is 9.67. The summed E-state index contributed by atoms with van der Waals surface area (Å²) >= 11 is 0. The largest absolute Gasteiger partial charge is 0.406 e. The van der Waals surface area contributed by atoms with Crippen LogP contribution in [0.4, 0.5) is 13.2 Å². The molecule has 1 heterocycles. The van der Waals surface area contributed by atoms with Crippen LogP contribution in [0.3, 0.4) is 0 Å². The summed E-state index contributed by atoms with van der Waals surface area (Å²) in [5.74, 6) is -0.703. The lowest BCUT2D eigenvalue weighted by Gasteiger charge is -2.26. The Labute approximate surface area is 96.0 Å². The highest BCUT2D eigenvalue weighted by atomic mass is 19.4. The number of carbonyl (C=O) groups excluding carboxylic acids is 1. The fraction of sp³-hybridized carbons (Fsp3) is 0.667. The van der Waals surface area contributed by atoms with Crippen molar-refractivity contribution in [3.8, 4) is 0 Å². The molecule has 1 N–H and O–H groups in total. The lowest BCUT2D eigenvalue weighted by atomic mass is 10.3. The van der Waals surface area contributed by atoms with Gasteiger partial charge in [0, 0.05) is 6.04 Å². The Hall–Kier alpha value is -1.60. The maximum Gasteiger partial charge on any atom is 0.406 e. The predicted molar refractivity (Wildman–Crippen MR) is 53.3 cm³/mol. The first-order chi connectivity index (χ1) is 7.70. The molecule has 0 spiro atoms. The lowest BCUT2D eigenvalue weighted by molar-refractivity contribution is -0.143. The summed E-state index contributed by atoms with van der Waals surface area (Å²) in [6.07, 6.45) is -4.44. The second-order valence-corrected chi connectivity index (χ2v) is 3.89. The smallest absolute Gasteiger partial charge is 0.324 e. The van der Waals surface area contributed by atoms with E-state index < -0.39 is 24.7 Å². The van der Waals surface area contributed by atoms with Crippen molar-refractivity contribution < 1.29 is 18.0 Å². The molecule has 0 saturated carbocycles. The fourth-order valence-corrected chi connectivity index (χ4v) is 1.25. The molecule has 0 fully saturated rings. The second-order valence-electron chi connectivity index (χ2n) is 3.89. The van der Waals surface area contributed by atoms with Crippen LogP contribution in [-0.2, 0) is 0 Å². The number of nitrogens with one attached hydrogen (secondary N) is 1. The first-order valence-electron chi connectivity index (χ1n) is 4.97. The van der Waals surface area contributed by atoms with E-state index in [0.717, 1.165) is 0 Å². The van der Waals surface area contributed by atoms with Gasteiger partial charge in [0.15, 0.2) is 0 Å². The van der Waals surface area contributed by atoms with Crippen molar-refractivity contribution in [2.45, 2.75) is 33.0 Å². The number of H-pyrrole nitrogens is 1. The molecule has 0 aliphatic rings. The van der Waals surface area contributed by atoms with Gasteiger partial charge in [0.1, 0.15) is 12.4 Å². The van der Waals surface area contributed by atoms with Crippen molar-refractivity contribution in [3.63, 3.8) is 0 Å². The molecule has 1 amide bonds. The molecule has 0 unspecified atom stereocenters. The molecule has 0 aliphatic carbocycles. The Morgan fingerprint density at radius 1 is 1.47 bits per heavy atom. The normalized spacial score (nSPS) is 11.9. The van der Waals surface area contributed by atoms with E-state index in [2.05, 4.69) is 15.2 Å². The number of aromatic amines is 1. The van der Waals surface area contributed by atoms with Crippen molar-refractivity contribution in [1.82, 2.24) is 20.1 Å². The third kappa shape index (κ3) is 3.72. The lowest BCUT2D eigenvalue weighted by Crippen LogP contribution is -2.43. The topological polar surface area (TPSA) is 61.9 Å². The van der Waals surface area contributed by atoms with Crippen LogP contribution in [-0.4, -0.2) is 44.8 Å². The minimum Gasteiger partial charge on any atom is -0.324 e. The highest BCUT2D eigenvalue weighted by Crippen LogP contribution is 2.19. The van der Waals surface area contributed by atoms with Crippen molar-refractivity contribution in [1.29, 1.82) is 0 Å². The first kappa shape index (κ1) is 13.5. The number of alkyl halides is 3. The number of rotatable bonds is 3. The van der Waals surface area contributed by atoms with Gasteiger partial charge in [0.05, 0.1) is 0 Å². The number of aromatic nitrogens is 3. The molecule has 8 heteroatoms. The molecule has 0 aliphatic heterocycles. The van der Waals surface area contributed by atoms with Gasteiger partial charge < -0.3 is 4.90 Å². The quantitative estimate of drug-likeness (QED) is 0.884. The van der Waals surface area contributed by atoms with E-state index in [0.29, 0.717) is 10.7 Å². The summed E-state index contributed by atoms with van der Waals surface area (Å²) in [7, 11) is 0. The summed E-state index contributed by atoms with van der Waals surface area (Å²) in [6, 6.07) is -0.581. The number of carbonyl (C=O) groups is 1. The molecular weight excluding hydrogens is 237 g/mol. The van der Waals surface area contributed by atoms with E-state index in [4.69, 9.17) is 0 Å². The van der Waals surface area contributed by atoms with E-state index in [1.54, 1.807) is 6.92 Å². The minimum absolute atomic E-state index is 0.250. The van der Waals surface area contributed by atoms with Gasteiger partial charge in [0.25, 0.3) is 5.91 Å². The maximum absolute atomic E-state index is 12.3. The third-order valence-electron chi connectivity index (χ3n) is 2.02. The van der Waals surface area contributed by atoms with Crippen molar-refractivity contribution in [2.24, 2.45) is 0 Å². The molecule has 0 bridgehead atoms. The minimum atomic E-state index is -4.44. The molecule has 1 aromatic heterocycles. The third-order valence-corrected chi connectivity index (χ3v) is 2.02. The monoisotopic (exact) mass is 250 g/mol. The highest BCUT2D eigenvalue weighted by molar-refractivity contribution is 5.90. The van der Waals surface area contributed by atoms with Gasteiger partial charge in [-0.15, -0.1) is 5.10 Å². The summed E-state index contributed by atoms with van der Waals surface area (Å²) < 4.78 is 36.9. The molecule has 0 radical (unpaired) electrons. The number of aryl methyl sites for hydroxylation is 1. The first-order valence-corrected chi connectivity index (χ1v) is 4.97. The summed E-state index contributed by atoms with van der Waals surface area (Å²) in [5.41, 5.74) is 0. The van der Waals surface area contributed by atoms with Gasteiger partial charge >= 0.3 is 6.18 Å². The molecule has 1 rings (SSSR count). The average molecular weight is 250 g/mol. The molecule has 5 nitrogen and oxygen atoms in total. The van der Waals surface area contributed by atoms with Crippen LogP contribution in [0.5, 0.6) is 0 Å². The average Bonchev–Trinajstić information content (AvgIpc) is 2.58. The van der Waals surface area contributed by atoms with E-state index in [1.807, 2.05) is 0 Å². The second kappa shape index (κ2) is 4.72. The van der Waals surface area contributed by atoms with E-state index in [1.165, 1.54) is 13.8 Å². The molecule has 96 valence electrons. The molecule has 0 aromatic carbocycles. The zero-order chi connectivity index (χ0) is 13.2. The van der Waals surface area contributed by atoms with Crippen molar-refractivity contribution in [3.05, 3.63) is 11.6 Å². The van der Waals surface area contributed by atoms with Gasteiger partial charge in [-0.1, -0.05) is 0 Å². The number of nitrogens with zero attached hydrogens (tertiary/aromatic N) is 3. The number of hydrogen-bond donors (Lipinski definition) is 1. The van der Waals surface area contributed by atoms with Crippen LogP contribution in [0.25, 0.3) is 0 Å². The molecular formula is C9H13F3N4O. The van der Waals surface area contributed by atoms with Gasteiger partial charge in [0.2, 0.25) is 5.82 Å². The zero-order valence-corrected chi connectivity index (χ0v) is 9.67. The van der Waals surface area contributed by atoms with Crippen molar-refractivity contribution >= 4 is 5.91 Å². The van der Waals surface area contributed by atoms with Crippen LogP contribution in [0.15, 0.2) is 0 Å². The van der Waals surface area contributed by atoms with Crippen molar-refractivity contribution in [2.75, 3.05) is 6.54 Å². The highest BCUT2D eigenvalue weighted by Gasteiger charge is 2.35. The molecule has 1 aromatic rings. The Kier molecular flexibility index (Phi) is 3.74. The predicted octanol–water partition coefficient (Wildman–Crippen LogP) is 1.53. The van der Waals surface area contributed by atoms with E-state index in [-0.39, 0.29) is 5.82 Å². The standard InChI is InChI=1S/C9H13F3N4O/c1-5(2)16(4-9(10,11)12)8(17)7-13-6(3)14-15-7/h5H,4H2,1-3H3,(H,13,14,15). The number of amides is 1. The number of hydrogen-bond acceptors (Lipinski definition) is 3.